The van der Waals surface area contributed by atoms with Crippen molar-refractivity contribution in [1.82, 2.24) is 0 Å². The molecule has 0 aliphatic rings. The number of carbonyl (C=O) groups is 2. The molecule has 0 rings (SSSR count). The van der Waals surface area contributed by atoms with E-state index in [-0.39, 0.29) is 43.9 Å². The number of hydrogen-bond donors (Lipinski definition) is 0. The zero-order valence-corrected chi connectivity index (χ0v) is 18.0. The summed E-state index contributed by atoms with van der Waals surface area (Å²) in [7, 11) is 2.26. The van der Waals surface area contributed by atoms with Gasteiger partial charge in [0.1, 0.15) is 5.24 Å². The Kier molecular flexibility index (Phi) is 10.1. The number of allylic oxidation sites excluding steroid dienone is 1. The number of esters is 1. The number of ether oxygens (including phenoxy) is 1. The second-order valence-corrected chi connectivity index (χ2v) is 6.87. The fourth-order valence-corrected chi connectivity index (χ4v) is 1.47. The van der Waals surface area contributed by atoms with Crippen LogP contribution < -0.4 is 0 Å². The molecule has 0 aromatic heterocycles. The Balaban J connectivity index is 0. The van der Waals surface area contributed by atoms with Crippen LogP contribution in [0.15, 0.2) is 11.1 Å². The van der Waals surface area contributed by atoms with E-state index >= 15 is 0 Å². The van der Waals surface area contributed by atoms with Gasteiger partial charge in [0.15, 0.2) is 0 Å². The number of rotatable bonds is 4. The maximum absolute atomic E-state index is 12.0. The molecule has 0 bridgehead atoms. The van der Waals surface area contributed by atoms with Crippen LogP contribution in [0.25, 0.3) is 5.32 Å². The van der Waals surface area contributed by atoms with Crippen LogP contribution in [0, 0.1) is 0 Å². The molecule has 7 heteroatoms. The fourth-order valence-electron chi connectivity index (χ4n) is 1.03. The van der Waals surface area contributed by atoms with Crippen LogP contribution >= 0.6 is 19.8 Å². The average molecular weight is 393 g/mol. The van der Waals surface area contributed by atoms with Crippen molar-refractivity contribution in [3.05, 3.63) is 16.5 Å². The largest absolute Gasteiger partial charge is 0.636 e. The van der Waals surface area contributed by atoms with Gasteiger partial charge in [-0.1, -0.05) is 44.8 Å². The normalized spacial score (nSPS) is 11.2. The van der Waals surface area contributed by atoms with E-state index in [1.54, 1.807) is 34.6 Å². The predicted octanol–water partition coefficient (Wildman–Crippen LogP) is 4.46. The molecular formula is C13H23NO3PSY-. The van der Waals surface area contributed by atoms with Gasteiger partial charge in [0.2, 0.25) is 0 Å². The summed E-state index contributed by atoms with van der Waals surface area (Å²) in [6.45, 7) is 12.5. The summed E-state index contributed by atoms with van der Waals surface area (Å²) in [5.74, 6) is -0.376. The molecule has 0 aromatic rings. The van der Waals surface area contributed by atoms with Gasteiger partial charge in [0, 0.05) is 38.3 Å². The Bertz CT molecular complexity index is 404. The molecular weight excluding hydrogens is 370 g/mol. The molecule has 1 atom stereocenters. The molecule has 1 radical (unpaired) electrons. The van der Waals surface area contributed by atoms with Gasteiger partial charge in [-0.2, -0.15) is 0 Å². The molecule has 0 N–H and O–H groups in total. The molecule has 20 heavy (non-hydrogen) atoms. The molecule has 1 amide bonds. The maximum atomic E-state index is 12.0. The second kappa shape index (κ2) is 8.87. The number of nitrogens with zero attached hydrogens (tertiary/aromatic N) is 1. The second-order valence-electron chi connectivity index (χ2n) is 5.58. The number of carbonyl (C=O) groups excluding carboxylic acids is 2. The fraction of sp³-hybridized carbons (Fsp3) is 0.692. The topological polar surface area (TPSA) is 57.5 Å². The quantitative estimate of drug-likeness (QED) is 0.402. The molecule has 0 saturated carbocycles. The zero-order chi connectivity index (χ0) is 15.4. The van der Waals surface area contributed by atoms with Gasteiger partial charge < -0.3 is 14.8 Å². The van der Waals surface area contributed by atoms with Crippen molar-refractivity contribution >= 4 is 31.0 Å². The summed E-state index contributed by atoms with van der Waals surface area (Å²) in [6.07, 6.45) is 0. The van der Waals surface area contributed by atoms with Crippen molar-refractivity contribution < 1.29 is 47.0 Å². The smallest absolute Gasteiger partial charge is 0.334 e. The first kappa shape index (κ1) is 22.8. The Hall–Kier alpha value is 0.564. The van der Waals surface area contributed by atoms with Crippen molar-refractivity contribution in [2.24, 2.45) is 0 Å². The van der Waals surface area contributed by atoms with E-state index in [0.29, 0.717) is 5.57 Å². The van der Waals surface area contributed by atoms with Crippen molar-refractivity contribution in [3.63, 3.8) is 0 Å². The van der Waals surface area contributed by atoms with Crippen LogP contribution in [0.1, 0.15) is 48.5 Å². The molecule has 0 aliphatic heterocycles. The Labute approximate surface area is 153 Å². The van der Waals surface area contributed by atoms with Crippen LogP contribution in [0.4, 0.5) is 4.79 Å². The third-order valence-corrected chi connectivity index (χ3v) is 4.25. The van der Waals surface area contributed by atoms with Gasteiger partial charge in [0.05, 0.1) is 5.60 Å². The molecule has 4 nitrogen and oxygen atoms in total. The molecule has 113 valence electrons. The molecule has 0 saturated heterocycles. The van der Waals surface area contributed by atoms with Gasteiger partial charge >= 0.3 is 5.97 Å². The SMILES string of the molecule is CC(C)=C(C)C(=O)OC(C)(C)C(C)(C)[N-]C(=O)SP.[Y]. The van der Waals surface area contributed by atoms with Crippen molar-refractivity contribution in [1.29, 1.82) is 0 Å². The minimum absolute atomic E-state index is 0. The molecule has 0 fully saturated rings. The Morgan fingerprint density at radius 3 is 1.90 bits per heavy atom. The van der Waals surface area contributed by atoms with E-state index in [2.05, 4.69) is 13.8 Å². The van der Waals surface area contributed by atoms with Crippen LogP contribution in [0.5, 0.6) is 0 Å². The minimum atomic E-state index is -0.878. The minimum Gasteiger partial charge on any atom is -0.636 e. The summed E-state index contributed by atoms with van der Waals surface area (Å²) in [5.41, 5.74) is -0.190. The Morgan fingerprint density at radius 2 is 1.55 bits per heavy atom. The van der Waals surface area contributed by atoms with Gasteiger partial charge in [-0.3, -0.25) is 0 Å². The van der Waals surface area contributed by atoms with Gasteiger partial charge in [-0.15, -0.1) is 0 Å². The van der Waals surface area contributed by atoms with E-state index in [0.717, 1.165) is 17.0 Å². The van der Waals surface area contributed by atoms with Crippen molar-refractivity contribution in [2.45, 2.75) is 59.6 Å². The summed E-state index contributed by atoms with van der Waals surface area (Å²) in [4.78, 5) is 23.4. The van der Waals surface area contributed by atoms with Gasteiger partial charge in [-0.25, -0.2) is 4.79 Å². The first-order valence-corrected chi connectivity index (χ1v) is 8.25. The summed E-state index contributed by atoms with van der Waals surface area (Å²) in [6, 6.07) is 0. The van der Waals surface area contributed by atoms with Crippen LogP contribution in [-0.2, 0) is 42.2 Å². The summed E-state index contributed by atoms with van der Waals surface area (Å²) in [5, 5.41) is 3.76. The van der Waals surface area contributed by atoms with E-state index in [1.807, 2.05) is 13.8 Å². The third-order valence-electron chi connectivity index (χ3n) is 3.35. The van der Waals surface area contributed by atoms with E-state index in [1.165, 1.54) is 0 Å². The number of hydrogen-bond acceptors (Lipinski definition) is 4. The predicted molar refractivity (Wildman–Crippen MR) is 84.4 cm³/mol. The van der Waals surface area contributed by atoms with Crippen molar-refractivity contribution in [3.8, 4) is 0 Å². The average Bonchev–Trinajstić information content (AvgIpc) is 2.26. The maximum Gasteiger partial charge on any atom is 0.334 e. The van der Waals surface area contributed by atoms with E-state index in [9.17, 15) is 9.59 Å². The molecule has 1 unspecified atom stereocenters. The van der Waals surface area contributed by atoms with Gasteiger partial charge in [0.25, 0.3) is 0 Å². The Morgan fingerprint density at radius 1 is 1.10 bits per heavy atom. The first-order chi connectivity index (χ1) is 8.44. The van der Waals surface area contributed by atoms with Crippen molar-refractivity contribution in [2.75, 3.05) is 0 Å². The molecule has 0 spiro atoms. The van der Waals surface area contributed by atoms with Crippen LogP contribution in [0.3, 0.4) is 0 Å². The standard InChI is InChI=1S/C13H24NO3PS.Y/c1-8(2)9(3)10(15)17-13(6,7)12(4,5)14-11(16)19-18;/h18H2,1-7H3,(H,14,16);/p-1. The third kappa shape index (κ3) is 6.55. The zero-order valence-electron chi connectivity index (χ0n) is 13.2. The van der Waals surface area contributed by atoms with Crippen LogP contribution in [0.2, 0.25) is 0 Å². The summed E-state index contributed by atoms with van der Waals surface area (Å²) >= 11 is 0.959. The summed E-state index contributed by atoms with van der Waals surface area (Å²) < 4.78 is 5.51. The molecule has 0 heterocycles. The van der Waals surface area contributed by atoms with Gasteiger partial charge in [-0.05, 0) is 34.6 Å². The van der Waals surface area contributed by atoms with E-state index in [4.69, 9.17) is 4.74 Å². The van der Waals surface area contributed by atoms with Crippen LogP contribution in [-0.4, -0.2) is 22.3 Å². The first-order valence-electron chi connectivity index (χ1n) is 5.95. The number of amides is 1. The van der Waals surface area contributed by atoms with E-state index < -0.39 is 11.1 Å². The molecule has 0 aromatic carbocycles. The molecule has 0 aliphatic carbocycles. The monoisotopic (exact) mass is 393 g/mol.